The number of aliphatic carboxylic acids is 1. The molecule has 20 heavy (non-hydrogen) atoms. The van der Waals surface area contributed by atoms with Crippen molar-refractivity contribution in [2.75, 3.05) is 7.11 Å². The van der Waals surface area contributed by atoms with Crippen LogP contribution in [0.2, 0.25) is 0 Å². The molecule has 1 atom stereocenters. The first-order chi connectivity index (χ1) is 9.26. The minimum atomic E-state index is -4.18. The van der Waals surface area contributed by atoms with Crippen molar-refractivity contribution in [2.45, 2.75) is 17.4 Å². The van der Waals surface area contributed by atoms with E-state index in [4.69, 9.17) is 5.11 Å². The molecule has 0 saturated heterocycles. The van der Waals surface area contributed by atoms with Gasteiger partial charge in [-0.05, 0) is 24.3 Å². The lowest BCUT2D eigenvalue weighted by Gasteiger charge is -2.13. The first kappa shape index (κ1) is 16.1. The molecule has 0 spiro atoms. The normalized spacial score (nSPS) is 12.7. The predicted molar refractivity (Wildman–Crippen MR) is 64.8 cm³/mol. The number of carbonyl (C=O) groups is 2. The number of ether oxygens (including phenoxy) is 1. The quantitative estimate of drug-likeness (QED) is 0.722. The molecule has 1 aromatic rings. The number of carboxylic acids is 1. The summed E-state index contributed by atoms with van der Waals surface area (Å²) in [5.74, 6) is -3.03. The molecule has 0 amide bonds. The van der Waals surface area contributed by atoms with Crippen LogP contribution in [-0.4, -0.2) is 38.6 Å². The summed E-state index contributed by atoms with van der Waals surface area (Å²) in [7, 11) is -3.13. The summed E-state index contributed by atoms with van der Waals surface area (Å²) in [6.45, 7) is 0. The van der Waals surface area contributed by atoms with Crippen LogP contribution in [0, 0.1) is 5.82 Å². The maximum Gasteiger partial charge on any atom is 0.322 e. The van der Waals surface area contributed by atoms with Crippen LogP contribution in [0.25, 0.3) is 0 Å². The molecular formula is C11H12FNO6S. The topological polar surface area (TPSA) is 110 Å². The third-order valence-corrected chi connectivity index (χ3v) is 3.81. The summed E-state index contributed by atoms with van der Waals surface area (Å²) in [6, 6.07) is 2.14. The molecule has 0 saturated carbocycles. The molecule has 0 aromatic heterocycles. The highest BCUT2D eigenvalue weighted by atomic mass is 32.2. The highest BCUT2D eigenvalue weighted by Crippen LogP contribution is 2.11. The second-order valence-corrected chi connectivity index (χ2v) is 5.46. The van der Waals surface area contributed by atoms with Crippen molar-refractivity contribution < 1.29 is 32.2 Å². The second-order valence-electron chi connectivity index (χ2n) is 3.75. The molecule has 0 aliphatic heterocycles. The number of sulfonamides is 1. The van der Waals surface area contributed by atoms with Gasteiger partial charge >= 0.3 is 11.9 Å². The summed E-state index contributed by atoms with van der Waals surface area (Å²) in [5.41, 5.74) is 0. The van der Waals surface area contributed by atoms with Crippen LogP contribution >= 0.6 is 0 Å². The Bertz CT molecular complexity index is 598. The van der Waals surface area contributed by atoms with Gasteiger partial charge in [0.05, 0.1) is 18.4 Å². The lowest BCUT2D eigenvalue weighted by Crippen LogP contribution is -2.42. The number of hydrogen-bond donors (Lipinski definition) is 2. The Kier molecular flexibility index (Phi) is 5.17. The molecule has 1 rings (SSSR count). The third kappa shape index (κ3) is 4.28. The average molecular weight is 305 g/mol. The Morgan fingerprint density at radius 1 is 1.35 bits per heavy atom. The molecule has 0 bridgehead atoms. The van der Waals surface area contributed by atoms with Gasteiger partial charge in [0.2, 0.25) is 10.0 Å². The van der Waals surface area contributed by atoms with Gasteiger partial charge in [-0.25, -0.2) is 12.8 Å². The SMILES string of the molecule is COC(=O)C[C@H](NS(=O)(=O)c1ccc(F)cc1)C(=O)O. The fraction of sp³-hybridized carbons (Fsp3) is 0.273. The van der Waals surface area contributed by atoms with E-state index in [1.165, 1.54) is 0 Å². The Labute approximate surface area is 114 Å². The van der Waals surface area contributed by atoms with E-state index < -0.39 is 40.2 Å². The summed E-state index contributed by atoms with van der Waals surface area (Å²) in [4.78, 5) is 21.6. The molecule has 9 heteroatoms. The number of rotatable bonds is 6. The largest absolute Gasteiger partial charge is 0.480 e. The number of carbonyl (C=O) groups excluding carboxylic acids is 1. The fourth-order valence-electron chi connectivity index (χ4n) is 1.30. The summed E-state index contributed by atoms with van der Waals surface area (Å²) < 4.78 is 42.6. The van der Waals surface area contributed by atoms with Crippen molar-refractivity contribution in [3.63, 3.8) is 0 Å². The number of nitrogens with one attached hydrogen (secondary N) is 1. The zero-order valence-electron chi connectivity index (χ0n) is 10.4. The molecular weight excluding hydrogens is 293 g/mol. The minimum Gasteiger partial charge on any atom is -0.480 e. The zero-order valence-corrected chi connectivity index (χ0v) is 11.2. The number of carboxylic acid groups (broad SMARTS) is 1. The summed E-state index contributed by atoms with van der Waals surface area (Å²) in [6.07, 6.45) is -0.660. The molecule has 0 unspecified atom stereocenters. The molecule has 2 N–H and O–H groups in total. The van der Waals surface area contributed by atoms with Crippen LogP contribution in [-0.2, 0) is 24.3 Å². The van der Waals surface area contributed by atoms with Gasteiger partial charge in [-0.3, -0.25) is 9.59 Å². The lowest BCUT2D eigenvalue weighted by atomic mass is 10.2. The summed E-state index contributed by atoms with van der Waals surface area (Å²) >= 11 is 0. The molecule has 110 valence electrons. The van der Waals surface area contributed by atoms with E-state index in [0.717, 1.165) is 31.4 Å². The Balaban J connectivity index is 2.94. The fourth-order valence-corrected chi connectivity index (χ4v) is 2.49. The van der Waals surface area contributed by atoms with E-state index in [1.54, 1.807) is 0 Å². The maximum atomic E-state index is 12.7. The molecule has 0 radical (unpaired) electrons. The van der Waals surface area contributed by atoms with Crippen LogP contribution in [0.4, 0.5) is 4.39 Å². The Hall–Kier alpha value is -2.00. The van der Waals surface area contributed by atoms with Crippen molar-refractivity contribution in [2.24, 2.45) is 0 Å². The number of esters is 1. The van der Waals surface area contributed by atoms with E-state index in [-0.39, 0.29) is 4.90 Å². The monoisotopic (exact) mass is 305 g/mol. The van der Waals surface area contributed by atoms with Crippen LogP contribution in [0.1, 0.15) is 6.42 Å². The second kappa shape index (κ2) is 6.44. The molecule has 1 aromatic carbocycles. The van der Waals surface area contributed by atoms with Gasteiger partial charge in [0.1, 0.15) is 11.9 Å². The third-order valence-electron chi connectivity index (χ3n) is 2.32. The molecule has 7 nitrogen and oxygen atoms in total. The standard InChI is InChI=1S/C11H12FNO6S/c1-19-10(14)6-9(11(15)16)13-20(17,18)8-4-2-7(12)3-5-8/h2-5,9,13H,6H2,1H3,(H,15,16)/t9-/m0/s1. The smallest absolute Gasteiger partial charge is 0.322 e. The van der Waals surface area contributed by atoms with Gasteiger partial charge in [0.15, 0.2) is 0 Å². The van der Waals surface area contributed by atoms with E-state index in [9.17, 15) is 22.4 Å². The van der Waals surface area contributed by atoms with Crippen LogP contribution in [0.5, 0.6) is 0 Å². The summed E-state index contributed by atoms with van der Waals surface area (Å²) in [5, 5.41) is 8.88. The van der Waals surface area contributed by atoms with Gasteiger partial charge in [-0.1, -0.05) is 0 Å². The average Bonchev–Trinajstić information content (AvgIpc) is 2.37. The zero-order chi connectivity index (χ0) is 15.3. The van der Waals surface area contributed by atoms with E-state index in [0.29, 0.717) is 0 Å². The molecule has 0 aliphatic rings. The van der Waals surface area contributed by atoms with Crippen molar-refractivity contribution in [1.82, 2.24) is 4.72 Å². The van der Waals surface area contributed by atoms with Crippen LogP contribution in [0.3, 0.4) is 0 Å². The van der Waals surface area contributed by atoms with Crippen LogP contribution in [0.15, 0.2) is 29.2 Å². The van der Waals surface area contributed by atoms with Crippen molar-refractivity contribution in [3.05, 3.63) is 30.1 Å². The maximum absolute atomic E-state index is 12.7. The van der Waals surface area contributed by atoms with Gasteiger partial charge in [0, 0.05) is 0 Å². The Morgan fingerprint density at radius 3 is 2.35 bits per heavy atom. The first-order valence-electron chi connectivity index (χ1n) is 5.34. The highest BCUT2D eigenvalue weighted by molar-refractivity contribution is 7.89. The van der Waals surface area contributed by atoms with Gasteiger partial charge in [0.25, 0.3) is 0 Å². The van der Waals surface area contributed by atoms with Crippen molar-refractivity contribution in [3.8, 4) is 0 Å². The van der Waals surface area contributed by atoms with E-state index >= 15 is 0 Å². The lowest BCUT2D eigenvalue weighted by molar-refractivity contribution is -0.147. The van der Waals surface area contributed by atoms with Gasteiger partial charge in [-0.15, -0.1) is 0 Å². The first-order valence-corrected chi connectivity index (χ1v) is 6.82. The van der Waals surface area contributed by atoms with Gasteiger partial charge in [-0.2, -0.15) is 4.72 Å². The molecule has 0 aliphatic carbocycles. The minimum absolute atomic E-state index is 0.310. The molecule has 0 fully saturated rings. The van der Waals surface area contributed by atoms with E-state index in [2.05, 4.69) is 4.74 Å². The van der Waals surface area contributed by atoms with Crippen molar-refractivity contribution in [1.29, 1.82) is 0 Å². The number of hydrogen-bond acceptors (Lipinski definition) is 5. The Morgan fingerprint density at radius 2 is 1.90 bits per heavy atom. The highest BCUT2D eigenvalue weighted by Gasteiger charge is 2.28. The van der Waals surface area contributed by atoms with E-state index in [1.807, 2.05) is 4.72 Å². The predicted octanol–water partition coefficient (Wildman–Crippen LogP) is 0.120. The number of halogens is 1. The molecule has 0 heterocycles. The van der Waals surface area contributed by atoms with Crippen molar-refractivity contribution >= 4 is 22.0 Å². The number of benzene rings is 1. The van der Waals surface area contributed by atoms with Crippen LogP contribution < -0.4 is 4.72 Å². The van der Waals surface area contributed by atoms with Gasteiger partial charge < -0.3 is 9.84 Å². The number of methoxy groups -OCH3 is 1.